The van der Waals surface area contributed by atoms with Gasteiger partial charge < -0.3 is 5.73 Å². The number of hydrogen-bond donors (Lipinski definition) is 2. The molecule has 2 aromatic rings. The van der Waals surface area contributed by atoms with Crippen molar-refractivity contribution in [3.8, 4) is 0 Å². The zero-order valence-corrected chi connectivity index (χ0v) is 14.3. The van der Waals surface area contributed by atoms with Crippen molar-refractivity contribution in [3.63, 3.8) is 0 Å². The van der Waals surface area contributed by atoms with Crippen LogP contribution in [0.2, 0.25) is 0 Å². The molecule has 3 rings (SSSR count). The van der Waals surface area contributed by atoms with Gasteiger partial charge in [0.25, 0.3) is 10.0 Å². The standard InChI is InChI=1S/C13H14N2O2S4/c14-13(18)11-4-5-12(20-11)21(16,17)15-9-2-1-3-10-8(9)6-7-19-10/h4-7,9,15H,1-3H2,(H2,14,18). The fourth-order valence-corrected chi connectivity index (χ4v) is 6.06. The lowest BCUT2D eigenvalue weighted by atomic mass is 9.95. The lowest BCUT2D eigenvalue weighted by Crippen LogP contribution is -2.30. The molecule has 3 N–H and O–H groups in total. The second-order valence-corrected chi connectivity index (χ2v) is 9.31. The Hall–Kier alpha value is -0.800. The second kappa shape index (κ2) is 5.77. The molecular formula is C13H14N2O2S4. The zero-order valence-electron chi connectivity index (χ0n) is 11.0. The van der Waals surface area contributed by atoms with Gasteiger partial charge in [0.15, 0.2) is 0 Å². The molecule has 0 saturated carbocycles. The number of sulfonamides is 1. The zero-order chi connectivity index (χ0) is 15.0. The predicted molar refractivity (Wildman–Crippen MR) is 90.5 cm³/mol. The summed E-state index contributed by atoms with van der Waals surface area (Å²) in [6.45, 7) is 0. The fraction of sp³-hybridized carbons (Fsp3) is 0.308. The predicted octanol–water partition coefficient (Wildman–Crippen LogP) is 2.80. The van der Waals surface area contributed by atoms with Crippen LogP contribution in [0.3, 0.4) is 0 Å². The van der Waals surface area contributed by atoms with E-state index >= 15 is 0 Å². The third-order valence-electron chi connectivity index (χ3n) is 3.44. The summed E-state index contributed by atoms with van der Waals surface area (Å²) in [6.07, 6.45) is 2.87. The van der Waals surface area contributed by atoms with Crippen LogP contribution in [0, 0.1) is 0 Å². The van der Waals surface area contributed by atoms with Crippen LogP contribution < -0.4 is 10.5 Å². The Kier molecular flexibility index (Phi) is 4.15. The molecule has 1 unspecified atom stereocenters. The summed E-state index contributed by atoms with van der Waals surface area (Å²) < 4.78 is 28.0. The van der Waals surface area contributed by atoms with Crippen LogP contribution in [-0.4, -0.2) is 13.4 Å². The van der Waals surface area contributed by atoms with E-state index in [1.54, 1.807) is 23.5 Å². The van der Waals surface area contributed by atoms with Crippen molar-refractivity contribution in [2.24, 2.45) is 5.73 Å². The van der Waals surface area contributed by atoms with Gasteiger partial charge in [0, 0.05) is 10.9 Å². The Morgan fingerprint density at radius 1 is 1.38 bits per heavy atom. The van der Waals surface area contributed by atoms with E-state index in [2.05, 4.69) is 4.72 Å². The van der Waals surface area contributed by atoms with Crippen molar-refractivity contribution in [1.29, 1.82) is 0 Å². The third-order valence-corrected chi connectivity index (χ3v) is 7.87. The van der Waals surface area contributed by atoms with Gasteiger partial charge in [-0.25, -0.2) is 13.1 Å². The van der Waals surface area contributed by atoms with Crippen LogP contribution in [0.4, 0.5) is 0 Å². The molecule has 0 spiro atoms. The summed E-state index contributed by atoms with van der Waals surface area (Å²) in [5, 5.41) is 2.02. The molecule has 0 amide bonds. The molecule has 8 heteroatoms. The molecule has 0 aliphatic heterocycles. The molecule has 1 aliphatic rings. The summed E-state index contributed by atoms with van der Waals surface area (Å²) in [4.78, 5) is 2.12. The first-order valence-corrected chi connectivity index (χ1v) is 10.0. The van der Waals surface area contributed by atoms with Crippen molar-refractivity contribution >= 4 is 49.9 Å². The summed E-state index contributed by atoms with van der Waals surface area (Å²) in [6, 6.07) is 5.08. The molecule has 2 heterocycles. The van der Waals surface area contributed by atoms with Gasteiger partial charge in [-0.3, -0.25) is 0 Å². The number of hydrogen-bond acceptors (Lipinski definition) is 5. The highest BCUT2D eigenvalue weighted by atomic mass is 32.2. The normalized spacial score (nSPS) is 18.4. The van der Waals surface area contributed by atoms with Gasteiger partial charge in [-0.15, -0.1) is 22.7 Å². The van der Waals surface area contributed by atoms with E-state index in [0.29, 0.717) is 4.88 Å². The number of rotatable bonds is 4. The first-order valence-electron chi connectivity index (χ1n) is 6.45. The van der Waals surface area contributed by atoms with Crippen LogP contribution >= 0.6 is 34.9 Å². The van der Waals surface area contributed by atoms with Crippen LogP contribution in [0.5, 0.6) is 0 Å². The van der Waals surface area contributed by atoms with Crippen molar-refractivity contribution in [3.05, 3.63) is 38.9 Å². The van der Waals surface area contributed by atoms with E-state index in [1.165, 1.54) is 4.88 Å². The van der Waals surface area contributed by atoms with Gasteiger partial charge >= 0.3 is 0 Å². The fourth-order valence-electron chi connectivity index (χ4n) is 2.45. The average molecular weight is 359 g/mol. The minimum Gasteiger partial charge on any atom is -0.389 e. The Morgan fingerprint density at radius 2 is 2.19 bits per heavy atom. The lowest BCUT2D eigenvalue weighted by molar-refractivity contribution is 0.512. The smallest absolute Gasteiger partial charge is 0.250 e. The van der Waals surface area contributed by atoms with Crippen LogP contribution in [0.1, 0.15) is 34.2 Å². The Balaban J connectivity index is 1.85. The highest BCUT2D eigenvalue weighted by Crippen LogP contribution is 2.34. The maximum Gasteiger partial charge on any atom is 0.250 e. The molecule has 1 atom stereocenters. The van der Waals surface area contributed by atoms with Crippen molar-refractivity contribution in [1.82, 2.24) is 4.72 Å². The average Bonchev–Trinajstić information content (AvgIpc) is 3.08. The van der Waals surface area contributed by atoms with E-state index in [9.17, 15) is 8.42 Å². The van der Waals surface area contributed by atoms with Crippen LogP contribution in [0.25, 0.3) is 0 Å². The van der Waals surface area contributed by atoms with E-state index < -0.39 is 10.0 Å². The Morgan fingerprint density at radius 3 is 2.90 bits per heavy atom. The van der Waals surface area contributed by atoms with Crippen LogP contribution in [0.15, 0.2) is 27.8 Å². The number of nitrogens with two attached hydrogens (primary N) is 1. The number of aryl methyl sites for hydroxylation is 1. The summed E-state index contributed by atoms with van der Waals surface area (Å²) in [7, 11) is -3.54. The summed E-state index contributed by atoms with van der Waals surface area (Å²) in [5.74, 6) is 0. The molecule has 0 aromatic carbocycles. The summed E-state index contributed by atoms with van der Waals surface area (Å²) in [5.41, 5.74) is 6.64. The quantitative estimate of drug-likeness (QED) is 0.825. The molecule has 2 aromatic heterocycles. The Labute approximate surface area is 137 Å². The number of thiocarbonyl (C=S) groups is 1. The lowest BCUT2D eigenvalue weighted by Gasteiger charge is -2.23. The maximum absolute atomic E-state index is 12.5. The topological polar surface area (TPSA) is 72.2 Å². The number of thiophene rings is 2. The maximum atomic E-state index is 12.5. The molecule has 21 heavy (non-hydrogen) atoms. The monoisotopic (exact) mass is 358 g/mol. The molecule has 0 radical (unpaired) electrons. The molecule has 1 aliphatic carbocycles. The van der Waals surface area contributed by atoms with Gasteiger partial charge in [-0.1, -0.05) is 12.2 Å². The minimum absolute atomic E-state index is 0.139. The van der Waals surface area contributed by atoms with Crippen LogP contribution in [-0.2, 0) is 16.4 Å². The molecule has 112 valence electrons. The number of fused-ring (bicyclic) bond motifs is 1. The SMILES string of the molecule is NC(=S)c1ccc(S(=O)(=O)NC2CCCc3sccc32)s1. The van der Waals surface area contributed by atoms with E-state index in [0.717, 1.165) is 36.2 Å². The molecular weight excluding hydrogens is 344 g/mol. The minimum atomic E-state index is -3.54. The Bertz CT molecular complexity index is 776. The summed E-state index contributed by atoms with van der Waals surface area (Å²) >= 11 is 7.67. The number of nitrogens with one attached hydrogen (secondary N) is 1. The molecule has 4 nitrogen and oxygen atoms in total. The van der Waals surface area contributed by atoms with Crippen molar-refractivity contribution in [2.45, 2.75) is 29.5 Å². The first kappa shape index (κ1) is 15.1. The van der Waals surface area contributed by atoms with E-state index in [1.807, 2.05) is 11.4 Å². The van der Waals surface area contributed by atoms with E-state index in [4.69, 9.17) is 18.0 Å². The van der Waals surface area contributed by atoms with Gasteiger partial charge in [0.2, 0.25) is 0 Å². The molecule has 0 saturated heterocycles. The van der Waals surface area contributed by atoms with Gasteiger partial charge in [-0.2, -0.15) is 0 Å². The highest BCUT2D eigenvalue weighted by Gasteiger charge is 2.27. The molecule has 0 fully saturated rings. The second-order valence-electron chi connectivity index (χ2n) is 4.85. The van der Waals surface area contributed by atoms with E-state index in [-0.39, 0.29) is 15.2 Å². The highest BCUT2D eigenvalue weighted by molar-refractivity contribution is 7.91. The first-order chi connectivity index (χ1) is 9.97. The molecule has 0 bridgehead atoms. The van der Waals surface area contributed by atoms with Gasteiger partial charge in [0.05, 0.1) is 4.88 Å². The van der Waals surface area contributed by atoms with Gasteiger partial charge in [0.1, 0.15) is 9.20 Å². The van der Waals surface area contributed by atoms with Crippen molar-refractivity contribution < 1.29 is 8.42 Å². The largest absolute Gasteiger partial charge is 0.389 e. The third kappa shape index (κ3) is 3.04. The van der Waals surface area contributed by atoms with Gasteiger partial charge in [-0.05, 0) is 48.4 Å². The van der Waals surface area contributed by atoms with Crippen molar-refractivity contribution in [2.75, 3.05) is 0 Å².